The van der Waals surface area contributed by atoms with Gasteiger partial charge in [0.15, 0.2) is 5.78 Å². The van der Waals surface area contributed by atoms with E-state index >= 15 is 0 Å². The van der Waals surface area contributed by atoms with E-state index in [0.29, 0.717) is 24.4 Å². The first-order valence-corrected chi connectivity index (χ1v) is 9.12. The number of nitriles is 1. The second-order valence-electron chi connectivity index (χ2n) is 6.63. The molecule has 144 valence electrons. The number of hydrogen-bond donors (Lipinski definition) is 1. The Bertz CT molecular complexity index is 1100. The van der Waals surface area contributed by atoms with Gasteiger partial charge in [-0.2, -0.15) is 5.26 Å². The van der Waals surface area contributed by atoms with Crippen LogP contribution in [0.25, 0.3) is 16.8 Å². The molecule has 0 bridgehead atoms. The summed E-state index contributed by atoms with van der Waals surface area (Å²) >= 11 is 0. The maximum absolute atomic E-state index is 12.1. The predicted octanol–water partition coefficient (Wildman–Crippen LogP) is 3.02. The molecule has 8 heteroatoms. The number of carbonyl (C=O) groups is 1. The van der Waals surface area contributed by atoms with E-state index in [-0.39, 0.29) is 12.2 Å². The highest BCUT2D eigenvalue weighted by atomic mass is 16.5. The van der Waals surface area contributed by atoms with Crippen molar-refractivity contribution in [3.05, 3.63) is 71.9 Å². The fourth-order valence-electron chi connectivity index (χ4n) is 3.15. The van der Waals surface area contributed by atoms with Crippen molar-refractivity contribution in [3.8, 4) is 17.3 Å². The first-order chi connectivity index (χ1) is 14.2. The maximum Gasteiger partial charge on any atom is 0.160 e. The van der Waals surface area contributed by atoms with Crippen LogP contribution in [-0.4, -0.2) is 37.6 Å². The fourth-order valence-corrected chi connectivity index (χ4v) is 3.15. The van der Waals surface area contributed by atoms with Crippen LogP contribution >= 0.6 is 0 Å². The number of aryl methyl sites for hydroxylation is 1. The van der Waals surface area contributed by atoms with Gasteiger partial charge in [0, 0.05) is 54.0 Å². The van der Waals surface area contributed by atoms with Crippen LogP contribution in [0.2, 0.25) is 0 Å². The molecule has 4 rings (SSSR count). The highest BCUT2D eigenvalue weighted by molar-refractivity contribution is 6.01. The number of hydrogen-bond acceptors (Lipinski definition) is 7. The molecule has 1 N–H and O–H groups in total. The third-order valence-corrected chi connectivity index (χ3v) is 4.63. The van der Waals surface area contributed by atoms with Gasteiger partial charge in [0.25, 0.3) is 0 Å². The SMILES string of the molecule is Cc1ccc(-c2[nH]nnc2C2=C(C3=CN(CCC#N)C=CO3)CC(=O)C=C2)cn1. The highest BCUT2D eigenvalue weighted by Gasteiger charge is 2.25. The second kappa shape index (κ2) is 7.94. The summed E-state index contributed by atoms with van der Waals surface area (Å²) in [6.07, 6.45) is 10.7. The van der Waals surface area contributed by atoms with E-state index in [4.69, 9.17) is 10.00 Å². The minimum absolute atomic E-state index is 0.0200. The first kappa shape index (κ1) is 18.4. The number of H-pyrrole nitrogens is 1. The van der Waals surface area contributed by atoms with Gasteiger partial charge in [0.05, 0.1) is 18.2 Å². The molecule has 0 atom stereocenters. The topological polar surface area (TPSA) is 108 Å². The van der Waals surface area contributed by atoms with Crippen LogP contribution < -0.4 is 0 Å². The molecule has 0 fully saturated rings. The van der Waals surface area contributed by atoms with Gasteiger partial charge in [-0.15, -0.1) is 5.10 Å². The third kappa shape index (κ3) is 3.84. The number of ketones is 1. The molecule has 0 unspecified atom stereocenters. The maximum atomic E-state index is 12.1. The Morgan fingerprint density at radius 2 is 2.24 bits per heavy atom. The average molecular weight is 386 g/mol. The van der Waals surface area contributed by atoms with Gasteiger partial charge < -0.3 is 9.64 Å². The molecule has 0 radical (unpaired) electrons. The van der Waals surface area contributed by atoms with E-state index in [0.717, 1.165) is 28.1 Å². The Labute approximate surface area is 167 Å². The summed E-state index contributed by atoms with van der Waals surface area (Å²) in [6.45, 7) is 2.46. The second-order valence-corrected chi connectivity index (χ2v) is 6.63. The van der Waals surface area contributed by atoms with Crippen LogP contribution in [0.4, 0.5) is 0 Å². The van der Waals surface area contributed by atoms with Crippen molar-refractivity contribution in [3.63, 3.8) is 0 Å². The van der Waals surface area contributed by atoms with Crippen molar-refractivity contribution < 1.29 is 9.53 Å². The Hall–Kier alpha value is -3.99. The molecule has 29 heavy (non-hydrogen) atoms. The minimum Gasteiger partial charge on any atom is -0.462 e. The summed E-state index contributed by atoms with van der Waals surface area (Å²) in [4.78, 5) is 18.3. The predicted molar refractivity (Wildman–Crippen MR) is 105 cm³/mol. The summed E-state index contributed by atoms with van der Waals surface area (Å²) in [6, 6.07) is 5.99. The number of nitrogens with one attached hydrogen (secondary N) is 1. The Balaban J connectivity index is 1.77. The van der Waals surface area contributed by atoms with E-state index < -0.39 is 0 Å². The lowest BCUT2D eigenvalue weighted by molar-refractivity contribution is -0.114. The molecule has 8 nitrogen and oxygen atoms in total. The highest BCUT2D eigenvalue weighted by Crippen LogP contribution is 2.35. The van der Waals surface area contributed by atoms with Crippen molar-refractivity contribution in [2.24, 2.45) is 0 Å². The number of nitrogens with zero attached hydrogens (tertiary/aromatic N) is 5. The molecule has 0 amide bonds. The first-order valence-electron chi connectivity index (χ1n) is 9.12. The largest absolute Gasteiger partial charge is 0.462 e. The molecule has 0 saturated carbocycles. The molecule has 1 aliphatic carbocycles. The molecule has 2 aliphatic rings. The van der Waals surface area contributed by atoms with Crippen LogP contribution in [0.5, 0.6) is 0 Å². The minimum atomic E-state index is -0.0200. The van der Waals surface area contributed by atoms with Gasteiger partial charge in [-0.3, -0.25) is 14.9 Å². The molecular formula is C21H18N6O2. The summed E-state index contributed by atoms with van der Waals surface area (Å²) < 4.78 is 5.71. The molecular weight excluding hydrogens is 368 g/mol. The zero-order chi connectivity index (χ0) is 20.2. The van der Waals surface area contributed by atoms with E-state index in [2.05, 4.69) is 26.5 Å². The van der Waals surface area contributed by atoms with Crippen LogP contribution in [0.15, 0.2) is 60.5 Å². The van der Waals surface area contributed by atoms with Crippen LogP contribution in [0, 0.1) is 18.3 Å². The van der Waals surface area contributed by atoms with E-state index in [1.165, 1.54) is 6.08 Å². The van der Waals surface area contributed by atoms with Crippen molar-refractivity contribution >= 4 is 11.4 Å². The van der Waals surface area contributed by atoms with Gasteiger partial charge in [-0.1, -0.05) is 5.21 Å². The molecule has 0 saturated heterocycles. The van der Waals surface area contributed by atoms with Crippen molar-refractivity contribution in [1.82, 2.24) is 25.3 Å². The molecule has 0 aromatic carbocycles. The van der Waals surface area contributed by atoms with Crippen LogP contribution in [0.3, 0.4) is 0 Å². The summed E-state index contributed by atoms with van der Waals surface area (Å²) in [5, 5.41) is 20.0. The van der Waals surface area contributed by atoms with Gasteiger partial charge in [-0.05, 0) is 31.2 Å². The van der Waals surface area contributed by atoms with Crippen molar-refractivity contribution in [1.29, 1.82) is 5.26 Å². The fraction of sp³-hybridized carbons (Fsp3) is 0.190. The quantitative estimate of drug-likeness (QED) is 0.841. The van der Waals surface area contributed by atoms with Crippen LogP contribution in [-0.2, 0) is 9.53 Å². The monoisotopic (exact) mass is 386 g/mol. The number of carbonyl (C=O) groups excluding carboxylic acids is 1. The molecule has 2 aromatic heterocycles. The number of ether oxygens (including phenoxy) is 1. The van der Waals surface area contributed by atoms with E-state index in [1.54, 1.807) is 30.9 Å². The van der Waals surface area contributed by atoms with Gasteiger partial charge in [-0.25, -0.2) is 0 Å². The Morgan fingerprint density at radius 3 is 3.03 bits per heavy atom. The molecule has 2 aromatic rings. The summed E-state index contributed by atoms with van der Waals surface area (Å²) in [5.41, 5.74) is 4.58. The lowest BCUT2D eigenvalue weighted by Crippen LogP contribution is -2.17. The number of aromatic nitrogens is 4. The zero-order valence-electron chi connectivity index (χ0n) is 15.8. The van der Waals surface area contributed by atoms with E-state index in [1.807, 2.05) is 24.0 Å². The van der Waals surface area contributed by atoms with Crippen LogP contribution in [0.1, 0.15) is 24.2 Å². The number of pyridine rings is 1. The number of aromatic amines is 1. The number of allylic oxidation sites excluding steroid dienone is 4. The zero-order valence-corrected chi connectivity index (χ0v) is 15.8. The standard InChI is InChI=1S/C21H18N6O2/c1-14-3-4-15(12-23-14)20-21(25-26-24-20)17-6-5-16(28)11-18(17)19-13-27(8-2-7-22)9-10-29-19/h3-6,9-10,12-13H,2,8,11H2,1H3,(H,24,25,26). The smallest absolute Gasteiger partial charge is 0.160 e. The Kier molecular flexibility index (Phi) is 5.03. The number of rotatable bonds is 5. The van der Waals surface area contributed by atoms with Gasteiger partial charge in [0.1, 0.15) is 17.7 Å². The summed E-state index contributed by atoms with van der Waals surface area (Å²) in [7, 11) is 0. The van der Waals surface area contributed by atoms with Crippen molar-refractivity contribution in [2.75, 3.05) is 6.54 Å². The molecule has 3 heterocycles. The lowest BCUT2D eigenvalue weighted by atomic mass is 9.91. The Morgan fingerprint density at radius 1 is 1.34 bits per heavy atom. The summed E-state index contributed by atoms with van der Waals surface area (Å²) in [5.74, 6) is 0.530. The lowest BCUT2D eigenvalue weighted by Gasteiger charge is -2.23. The van der Waals surface area contributed by atoms with E-state index in [9.17, 15) is 4.79 Å². The van der Waals surface area contributed by atoms with Gasteiger partial charge in [0.2, 0.25) is 0 Å². The average Bonchev–Trinajstić information content (AvgIpc) is 3.22. The molecule has 1 aliphatic heterocycles. The third-order valence-electron chi connectivity index (χ3n) is 4.63. The normalized spacial score (nSPS) is 15.9. The van der Waals surface area contributed by atoms with Gasteiger partial charge >= 0.3 is 0 Å². The van der Waals surface area contributed by atoms with Crippen molar-refractivity contribution in [2.45, 2.75) is 19.8 Å². The molecule has 0 spiro atoms.